The molecule has 0 aromatic heterocycles. The minimum Gasteiger partial charge on any atom is -0.350 e. The van der Waals surface area contributed by atoms with E-state index >= 15 is 0 Å². The van der Waals surface area contributed by atoms with Crippen LogP contribution in [0.15, 0.2) is 48.2 Å². The van der Waals surface area contributed by atoms with Crippen molar-refractivity contribution in [1.82, 2.24) is 4.90 Å². The number of nitrogens with zero attached hydrogens (tertiary/aromatic N) is 1. The summed E-state index contributed by atoms with van der Waals surface area (Å²) in [5.74, 6) is -1.16. The number of amides is 2. The van der Waals surface area contributed by atoms with Gasteiger partial charge in [0, 0.05) is 17.3 Å². The maximum absolute atomic E-state index is 13.3. The van der Waals surface area contributed by atoms with Gasteiger partial charge in [0.25, 0.3) is 11.8 Å². The zero-order valence-corrected chi connectivity index (χ0v) is 15.2. The van der Waals surface area contributed by atoms with Crippen LogP contribution in [0.25, 0.3) is 5.57 Å². The molecular formula is C20H18ClFN2O2. The predicted molar refractivity (Wildman–Crippen MR) is 100 cm³/mol. The molecule has 1 N–H and O–H groups in total. The van der Waals surface area contributed by atoms with Gasteiger partial charge in [0.1, 0.15) is 11.5 Å². The Morgan fingerprint density at radius 1 is 1.08 bits per heavy atom. The van der Waals surface area contributed by atoms with Gasteiger partial charge in [-0.15, -0.1) is 0 Å². The fourth-order valence-corrected chi connectivity index (χ4v) is 3.13. The summed E-state index contributed by atoms with van der Waals surface area (Å²) in [6, 6.07) is 10.8. The first-order valence-corrected chi connectivity index (χ1v) is 8.69. The Morgan fingerprint density at radius 2 is 1.77 bits per heavy atom. The average molecular weight is 373 g/mol. The number of hydrogen-bond acceptors (Lipinski definition) is 3. The van der Waals surface area contributed by atoms with Crippen LogP contribution in [0.3, 0.4) is 0 Å². The second kappa shape index (κ2) is 7.30. The summed E-state index contributed by atoms with van der Waals surface area (Å²) in [6.45, 7) is 4.08. The van der Waals surface area contributed by atoms with E-state index in [1.54, 1.807) is 18.2 Å². The van der Waals surface area contributed by atoms with E-state index in [4.69, 9.17) is 11.6 Å². The van der Waals surface area contributed by atoms with Crippen molar-refractivity contribution in [2.24, 2.45) is 0 Å². The van der Waals surface area contributed by atoms with Crippen molar-refractivity contribution in [2.75, 3.05) is 11.9 Å². The molecule has 3 rings (SSSR count). The number of aryl methyl sites for hydroxylation is 1. The van der Waals surface area contributed by atoms with Crippen LogP contribution in [0, 0.1) is 12.7 Å². The van der Waals surface area contributed by atoms with Gasteiger partial charge in [-0.25, -0.2) is 4.39 Å². The topological polar surface area (TPSA) is 49.4 Å². The van der Waals surface area contributed by atoms with Crippen LogP contribution >= 0.6 is 11.6 Å². The van der Waals surface area contributed by atoms with Gasteiger partial charge in [-0.1, -0.05) is 30.7 Å². The summed E-state index contributed by atoms with van der Waals surface area (Å²) >= 11 is 5.98. The number of carbonyl (C=O) groups is 2. The lowest BCUT2D eigenvalue weighted by molar-refractivity contribution is -0.136. The zero-order chi connectivity index (χ0) is 18.8. The average Bonchev–Trinajstić information content (AvgIpc) is 2.83. The number of benzene rings is 2. The van der Waals surface area contributed by atoms with Crippen molar-refractivity contribution in [2.45, 2.75) is 20.3 Å². The summed E-state index contributed by atoms with van der Waals surface area (Å²) in [7, 11) is 0. The highest BCUT2D eigenvalue weighted by Gasteiger charge is 2.38. The van der Waals surface area contributed by atoms with E-state index in [2.05, 4.69) is 5.32 Å². The largest absolute Gasteiger partial charge is 0.350 e. The van der Waals surface area contributed by atoms with Crippen LogP contribution in [-0.2, 0) is 9.59 Å². The van der Waals surface area contributed by atoms with Gasteiger partial charge in [-0.2, -0.15) is 0 Å². The third kappa shape index (κ3) is 3.35. The number of nitrogens with one attached hydrogen (secondary N) is 1. The fourth-order valence-electron chi connectivity index (χ4n) is 2.91. The number of rotatable bonds is 5. The first-order chi connectivity index (χ1) is 12.4. The Hall–Kier alpha value is -2.66. The smallest absolute Gasteiger partial charge is 0.278 e. The fraction of sp³-hybridized carbons (Fsp3) is 0.200. The standard InChI is InChI=1S/C20H18ClFN2O2/c1-3-10-24-19(25)17(13-4-7-15(22)8-5-13)18(20(24)26)23-16-9-6-14(21)11-12(16)2/h4-9,11,23H,3,10H2,1-2H3. The molecule has 0 radical (unpaired) electrons. The molecule has 2 amide bonds. The van der Waals surface area contributed by atoms with Crippen molar-refractivity contribution in [1.29, 1.82) is 0 Å². The van der Waals surface area contributed by atoms with Crippen LogP contribution in [0.5, 0.6) is 0 Å². The molecule has 2 aromatic rings. The molecule has 1 aliphatic heterocycles. The molecule has 4 nitrogen and oxygen atoms in total. The SMILES string of the molecule is CCCN1C(=O)C(Nc2ccc(Cl)cc2C)=C(c2ccc(F)cc2)C1=O. The van der Waals surface area contributed by atoms with E-state index in [1.807, 2.05) is 13.8 Å². The number of anilines is 1. The lowest BCUT2D eigenvalue weighted by Crippen LogP contribution is -2.33. The van der Waals surface area contributed by atoms with Gasteiger partial charge >= 0.3 is 0 Å². The van der Waals surface area contributed by atoms with Crippen LogP contribution in [0.4, 0.5) is 10.1 Å². The van der Waals surface area contributed by atoms with E-state index in [-0.39, 0.29) is 23.1 Å². The molecule has 0 saturated heterocycles. The molecule has 0 saturated carbocycles. The van der Waals surface area contributed by atoms with Crippen molar-refractivity contribution in [3.05, 3.63) is 70.1 Å². The molecule has 0 spiro atoms. The highest BCUT2D eigenvalue weighted by molar-refractivity contribution is 6.36. The first kappa shape index (κ1) is 18.1. The number of carbonyl (C=O) groups excluding carboxylic acids is 2. The van der Waals surface area contributed by atoms with Gasteiger partial charge in [0.05, 0.1) is 5.57 Å². The molecule has 26 heavy (non-hydrogen) atoms. The molecular weight excluding hydrogens is 355 g/mol. The zero-order valence-electron chi connectivity index (χ0n) is 14.5. The molecule has 0 fully saturated rings. The Balaban J connectivity index is 2.09. The second-order valence-electron chi connectivity index (χ2n) is 6.10. The van der Waals surface area contributed by atoms with Gasteiger partial charge in [-0.05, 0) is 54.8 Å². The molecule has 1 aliphatic rings. The molecule has 0 unspecified atom stereocenters. The maximum Gasteiger partial charge on any atom is 0.278 e. The Morgan fingerprint density at radius 3 is 2.38 bits per heavy atom. The van der Waals surface area contributed by atoms with Crippen LogP contribution in [-0.4, -0.2) is 23.3 Å². The van der Waals surface area contributed by atoms with Gasteiger partial charge in [0.2, 0.25) is 0 Å². The summed E-state index contributed by atoms with van der Waals surface area (Å²) in [4.78, 5) is 26.9. The summed E-state index contributed by atoms with van der Waals surface area (Å²) in [5, 5.41) is 3.67. The van der Waals surface area contributed by atoms with Crippen molar-refractivity contribution < 1.29 is 14.0 Å². The lowest BCUT2D eigenvalue weighted by Gasteiger charge is -2.14. The van der Waals surface area contributed by atoms with E-state index in [1.165, 1.54) is 29.2 Å². The van der Waals surface area contributed by atoms with Gasteiger partial charge in [-0.3, -0.25) is 14.5 Å². The van der Waals surface area contributed by atoms with Crippen molar-refractivity contribution in [3.63, 3.8) is 0 Å². The first-order valence-electron chi connectivity index (χ1n) is 8.32. The second-order valence-corrected chi connectivity index (χ2v) is 6.54. The number of halogens is 2. The Kier molecular flexibility index (Phi) is 5.09. The molecule has 0 atom stereocenters. The van der Waals surface area contributed by atoms with Crippen LogP contribution in [0.2, 0.25) is 5.02 Å². The highest BCUT2D eigenvalue weighted by Crippen LogP contribution is 2.32. The van der Waals surface area contributed by atoms with E-state index in [0.717, 1.165) is 5.56 Å². The summed E-state index contributed by atoms with van der Waals surface area (Å²) < 4.78 is 13.3. The van der Waals surface area contributed by atoms with E-state index in [9.17, 15) is 14.0 Å². The third-order valence-corrected chi connectivity index (χ3v) is 4.43. The quantitative estimate of drug-likeness (QED) is 0.792. The summed E-state index contributed by atoms with van der Waals surface area (Å²) in [5.41, 5.74) is 2.47. The van der Waals surface area contributed by atoms with Gasteiger partial charge < -0.3 is 5.32 Å². The molecule has 1 heterocycles. The van der Waals surface area contributed by atoms with Crippen molar-refractivity contribution >= 4 is 34.7 Å². The third-order valence-electron chi connectivity index (χ3n) is 4.20. The highest BCUT2D eigenvalue weighted by atomic mass is 35.5. The maximum atomic E-state index is 13.3. The Labute approximate surface area is 156 Å². The number of imide groups is 1. The van der Waals surface area contributed by atoms with Crippen molar-refractivity contribution in [3.8, 4) is 0 Å². The molecule has 6 heteroatoms. The molecule has 0 bridgehead atoms. The predicted octanol–water partition coefficient (Wildman–Crippen LogP) is 4.39. The van der Waals surface area contributed by atoms with Gasteiger partial charge in [0.15, 0.2) is 0 Å². The monoisotopic (exact) mass is 372 g/mol. The lowest BCUT2D eigenvalue weighted by atomic mass is 10.0. The summed E-state index contributed by atoms with van der Waals surface area (Å²) in [6.07, 6.45) is 0.654. The number of hydrogen-bond donors (Lipinski definition) is 1. The normalized spacial score (nSPS) is 14.4. The Bertz CT molecular complexity index is 907. The van der Waals surface area contributed by atoms with E-state index in [0.29, 0.717) is 29.2 Å². The molecule has 134 valence electrons. The van der Waals surface area contributed by atoms with Crippen LogP contribution in [0.1, 0.15) is 24.5 Å². The minimum absolute atomic E-state index is 0.195. The molecule has 0 aliphatic carbocycles. The minimum atomic E-state index is -0.403. The molecule has 2 aromatic carbocycles. The van der Waals surface area contributed by atoms with Crippen LogP contribution < -0.4 is 5.32 Å². The van der Waals surface area contributed by atoms with E-state index < -0.39 is 5.82 Å².